The molecule has 0 radical (unpaired) electrons. The molecule has 2 unspecified atom stereocenters. The van der Waals surface area contributed by atoms with E-state index in [-0.39, 0.29) is 29.7 Å². The predicted octanol–water partition coefficient (Wildman–Crippen LogP) is 3.73. The van der Waals surface area contributed by atoms with E-state index < -0.39 is 0 Å². The molecule has 2 fully saturated rings. The van der Waals surface area contributed by atoms with Crippen molar-refractivity contribution in [3.63, 3.8) is 0 Å². The molecule has 3 nitrogen and oxygen atoms in total. The van der Waals surface area contributed by atoms with Gasteiger partial charge in [-0.2, -0.15) is 0 Å². The second-order valence-electron chi connectivity index (χ2n) is 6.61. The summed E-state index contributed by atoms with van der Waals surface area (Å²) >= 11 is 0. The van der Waals surface area contributed by atoms with Gasteiger partial charge in [-0.3, -0.25) is 0 Å². The van der Waals surface area contributed by atoms with Crippen LogP contribution in [0.2, 0.25) is 0 Å². The van der Waals surface area contributed by atoms with Crippen LogP contribution in [0, 0.1) is 23.6 Å². The Balaban J connectivity index is 1.98. The monoisotopic (exact) mass is 305 g/mol. The van der Waals surface area contributed by atoms with Gasteiger partial charge in [-0.1, -0.05) is 24.2 Å². The van der Waals surface area contributed by atoms with Gasteiger partial charge in [-0.15, -0.1) is 0 Å². The number of nitrogens with zero attached hydrogens (tertiary/aromatic N) is 1. The third-order valence-corrected chi connectivity index (χ3v) is 5.41. The topological polar surface area (TPSA) is 41.8 Å². The Morgan fingerprint density at radius 3 is 2.64 bits per heavy atom. The van der Waals surface area contributed by atoms with E-state index in [4.69, 9.17) is 4.84 Å². The highest BCUT2D eigenvalue weighted by atomic mass is 19.1. The van der Waals surface area contributed by atoms with Crippen LogP contribution in [0.5, 0.6) is 0 Å². The van der Waals surface area contributed by atoms with Crippen LogP contribution in [0.1, 0.15) is 44.1 Å². The standard InChI is InChI=1S/C18H24FNO2/c1-3-16(20-22-2)18-14(12-4-6-13(19)7-5-12)8-11-9-15(18)17(21)10-11/h4-7,11,14-15,17-18,21H,3,8-10H2,1-2H3/t11?,14-,15+,17?,18-/m0/s1. The molecule has 22 heavy (non-hydrogen) atoms. The Morgan fingerprint density at radius 1 is 1.27 bits per heavy atom. The molecule has 2 aliphatic rings. The average molecular weight is 305 g/mol. The summed E-state index contributed by atoms with van der Waals surface area (Å²) in [6, 6.07) is 6.81. The Hall–Kier alpha value is -1.42. The zero-order valence-corrected chi connectivity index (χ0v) is 13.2. The van der Waals surface area contributed by atoms with Crippen molar-refractivity contribution < 1.29 is 14.3 Å². The highest BCUT2D eigenvalue weighted by Gasteiger charge is 2.48. The van der Waals surface area contributed by atoms with Gasteiger partial charge in [-0.05, 0) is 61.1 Å². The number of aliphatic hydroxyl groups excluding tert-OH is 1. The zero-order chi connectivity index (χ0) is 15.7. The van der Waals surface area contributed by atoms with Crippen LogP contribution in [0.25, 0.3) is 0 Å². The quantitative estimate of drug-likeness (QED) is 0.680. The van der Waals surface area contributed by atoms with Gasteiger partial charge >= 0.3 is 0 Å². The second-order valence-corrected chi connectivity index (χ2v) is 6.61. The molecule has 0 aliphatic heterocycles. The van der Waals surface area contributed by atoms with Gasteiger partial charge in [-0.25, -0.2) is 4.39 Å². The fourth-order valence-corrected chi connectivity index (χ4v) is 4.55. The maximum absolute atomic E-state index is 13.2. The summed E-state index contributed by atoms with van der Waals surface area (Å²) in [5, 5.41) is 14.7. The maximum Gasteiger partial charge on any atom is 0.123 e. The Labute approximate surface area is 131 Å². The van der Waals surface area contributed by atoms with E-state index in [1.165, 1.54) is 12.1 Å². The minimum Gasteiger partial charge on any atom is -0.399 e. The smallest absolute Gasteiger partial charge is 0.123 e. The Bertz CT molecular complexity index is 543. The third-order valence-electron chi connectivity index (χ3n) is 5.41. The fourth-order valence-electron chi connectivity index (χ4n) is 4.55. The number of halogens is 1. The molecule has 1 aromatic rings. The maximum atomic E-state index is 13.2. The van der Waals surface area contributed by atoms with Crippen LogP contribution in [0.4, 0.5) is 4.39 Å². The largest absolute Gasteiger partial charge is 0.399 e. The molecule has 0 aromatic heterocycles. The third kappa shape index (κ3) is 2.76. The normalized spacial score (nSPS) is 34.7. The van der Waals surface area contributed by atoms with Crippen molar-refractivity contribution in [1.82, 2.24) is 0 Å². The molecule has 2 aliphatic carbocycles. The highest BCUT2D eigenvalue weighted by Crippen LogP contribution is 2.52. The summed E-state index contributed by atoms with van der Waals surface area (Å²) in [7, 11) is 1.57. The molecule has 1 N–H and O–H groups in total. The van der Waals surface area contributed by atoms with E-state index >= 15 is 0 Å². The van der Waals surface area contributed by atoms with E-state index in [1.54, 1.807) is 7.11 Å². The lowest BCUT2D eigenvalue weighted by molar-refractivity contribution is 0.106. The van der Waals surface area contributed by atoms with Crippen molar-refractivity contribution in [2.75, 3.05) is 7.11 Å². The SMILES string of the molecule is CCC(=NOC)[C@@H]1[C@@H]2CC(CC2O)C[C@H]1c1ccc(F)cc1. The molecule has 120 valence electrons. The van der Waals surface area contributed by atoms with Crippen molar-refractivity contribution in [3.05, 3.63) is 35.6 Å². The summed E-state index contributed by atoms with van der Waals surface area (Å²) < 4.78 is 13.2. The molecule has 2 bridgehead atoms. The highest BCUT2D eigenvalue weighted by molar-refractivity contribution is 5.87. The van der Waals surface area contributed by atoms with Crippen molar-refractivity contribution >= 4 is 5.71 Å². The van der Waals surface area contributed by atoms with Crippen LogP contribution < -0.4 is 0 Å². The number of hydrogen-bond donors (Lipinski definition) is 1. The van der Waals surface area contributed by atoms with Gasteiger partial charge in [0.1, 0.15) is 12.9 Å². The number of aliphatic hydroxyl groups is 1. The van der Waals surface area contributed by atoms with Crippen LogP contribution >= 0.6 is 0 Å². The van der Waals surface area contributed by atoms with Crippen molar-refractivity contribution in [2.45, 2.75) is 44.6 Å². The molecular weight excluding hydrogens is 281 g/mol. The summed E-state index contributed by atoms with van der Waals surface area (Å²) in [6.45, 7) is 2.08. The van der Waals surface area contributed by atoms with Crippen LogP contribution in [-0.2, 0) is 4.84 Å². The lowest BCUT2D eigenvalue weighted by Crippen LogP contribution is -2.36. The lowest BCUT2D eigenvalue weighted by atomic mass is 9.67. The second kappa shape index (κ2) is 6.37. The van der Waals surface area contributed by atoms with Gasteiger partial charge < -0.3 is 9.94 Å². The average Bonchev–Trinajstić information content (AvgIpc) is 2.81. The number of rotatable bonds is 4. The minimum atomic E-state index is -0.256. The van der Waals surface area contributed by atoms with E-state index in [0.29, 0.717) is 5.92 Å². The van der Waals surface area contributed by atoms with Crippen molar-refractivity contribution in [1.29, 1.82) is 0 Å². The number of oxime groups is 1. The molecule has 0 saturated heterocycles. The van der Waals surface area contributed by atoms with Gasteiger partial charge in [0, 0.05) is 5.92 Å². The van der Waals surface area contributed by atoms with Gasteiger partial charge in [0.25, 0.3) is 0 Å². The lowest BCUT2D eigenvalue weighted by Gasteiger charge is -2.38. The van der Waals surface area contributed by atoms with Crippen LogP contribution in [0.3, 0.4) is 0 Å². The Kier molecular flexibility index (Phi) is 4.48. The van der Waals surface area contributed by atoms with Crippen molar-refractivity contribution in [2.24, 2.45) is 22.9 Å². The zero-order valence-electron chi connectivity index (χ0n) is 13.2. The minimum absolute atomic E-state index is 0.184. The summed E-state index contributed by atoms with van der Waals surface area (Å²) in [4.78, 5) is 5.04. The molecule has 0 heterocycles. The summed E-state index contributed by atoms with van der Waals surface area (Å²) in [5.74, 6) is 1.06. The van der Waals surface area contributed by atoms with Crippen LogP contribution in [0.15, 0.2) is 29.4 Å². The molecular formula is C18H24FNO2. The number of fused-ring (bicyclic) bond motifs is 2. The van der Waals surface area contributed by atoms with Gasteiger partial charge in [0.15, 0.2) is 0 Å². The molecule has 2 saturated carbocycles. The first-order valence-electron chi connectivity index (χ1n) is 8.17. The van der Waals surface area contributed by atoms with E-state index in [0.717, 1.165) is 37.0 Å². The number of hydrogen-bond acceptors (Lipinski definition) is 3. The molecule has 0 spiro atoms. The first kappa shape index (κ1) is 15.5. The summed E-state index contributed by atoms with van der Waals surface area (Å²) in [5.41, 5.74) is 2.16. The molecule has 5 atom stereocenters. The summed E-state index contributed by atoms with van der Waals surface area (Å²) in [6.07, 6.45) is 3.53. The fraction of sp³-hybridized carbons (Fsp3) is 0.611. The predicted molar refractivity (Wildman–Crippen MR) is 84.2 cm³/mol. The van der Waals surface area contributed by atoms with Gasteiger partial charge in [0.05, 0.1) is 11.8 Å². The van der Waals surface area contributed by atoms with Gasteiger partial charge in [0.2, 0.25) is 0 Å². The molecule has 0 amide bonds. The van der Waals surface area contributed by atoms with E-state index in [1.807, 2.05) is 12.1 Å². The molecule has 1 aromatic carbocycles. The van der Waals surface area contributed by atoms with E-state index in [2.05, 4.69) is 12.1 Å². The Morgan fingerprint density at radius 2 is 2.00 bits per heavy atom. The first-order chi connectivity index (χ1) is 10.6. The first-order valence-corrected chi connectivity index (χ1v) is 8.17. The molecule has 4 heteroatoms. The van der Waals surface area contributed by atoms with E-state index in [9.17, 15) is 9.50 Å². The molecule has 3 rings (SSSR count). The van der Waals surface area contributed by atoms with Crippen molar-refractivity contribution in [3.8, 4) is 0 Å². The number of benzene rings is 1. The van der Waals surface area contributed by atoms with Crippen LogP contribution in [-0.4, -0.2) is 24.0 Å².